The van der Waals surface area contributed by atoms with Gasteiger partial charge in [-0.3, -0.25) is 14.3 Å². The Balaban J connectivity index is 1.17. The average Bonchev–Trinajstić information content (AvgIpc) is 3.71. The van der Waals surface area contributed by atoms with Crippen LogP contribution in [-0.4, -0.2) is 56.9 Å². The van der Waals surface area contributed by atoms with Crippen LogP contribution in [0.4, 0.5) is 9.80 Å². The van der Waals surface area contributed by atoms with Gasteiger partial charge >= 0.3 is 0 Å². The number of halogens is 1. The minimum atomic E-state index is -3.30. The number of aliphatic hydroxyl groups excluding tert-OH is 1. The lowest BCUT2D eigenvalue weighted by molar-refractivity contribution is -0.146. The highest BCUT2D eigenvalue weighted by molar-refractivity contribution is 6.72. The van der Waals surface area contributed by atoms with E-state index >= 15 is 4.11 Å². The largest absolute Gasteiger partial charge is 0.396 e. The number of hydrogen-bond donors (Lipinski definition) is 1. The molecule has 2 aliphatic rings. The van der Waals surface area contributed by atoms with Crippen molar-refractivity contribution in [1.82, 2.24) is 24.8 Å². The number of rotatable bonds is 9. The van der Waals surface area contributed by atoms with E-state index in [4.69, 9.17) is 4.74 Å². The van der Waals surface area contributed by atoms with Crippen molar-refractivity contribution in [3.63, 3.8) is 0 Å². The molecule has 2 aromatic heterocycles. The van der Waals surface area contributed by atoms with Crippen LogP contribution in [-0.2, 0) is 34.6 Å². The van der Waals surface area contributed by atoms with Crippen molar-refractivity contribution in [2.75, 3.05) is 11.5 Å². The minimum Gasteiger partial charge on any atom is -0.396 e. The van der Waals surface area contributed by atoms with Gasteiger partial charge in [0.2, 0.25) is 8.41 Å². The third kappa shape index (κ3) is 5.30. The number of hydrogen-bond acceptors (Lipinski definition) is 7. The van der Waals surface area contributed by atoms with Gasteiger partial charge in [0.25, 0.3) is 11.5 Å². The van der Waals surface area contributed by atoms with Gasteiger partial charge in [0.05, 0.1) is 41.3 Å². The molecule has 12 heteroatoms. The minimum absolute atomic E-state index is 0.0158. The van der Waals surface area contributed by atoms with Crippen molar-refractivity contribution in [2.24, 2.45) is 5.92 Å². The Labute approximate surface area is 272 Å². The molecule has 1 N–H and O–H groups in total. The van der Waals surface area contributed by atoms with Gasteiger partial charge in [-0.05, 0) is 49.3 Å². The molecule has 0 radical (unpaired) electrons. The zero-order chi connectivity index (χ0) is 32.9. The molecular weight excluding hydrogens is 616 g/mol. The monoisotopic (exact) mass is 652 g/mol. The summed E-state index contributed by atoms with van der Waals surface area (Å²) >= 11 is 0. The van der Waals surface area contributed by atoms with E-state index in [2.05, 4.69) is 15.4 Å². The van der Waals surface area contributed by atoms with Gasteiger partial charge in [0, 0.05) is 48.2 Å². The van der Waals surface area contributed by atoms with Crippen LogP contribution in [0, 0.1) is 5.92 Å². The predicted molar refractivity (Wildman–Crippen MR) is 178 cm³/mol. The average molecular weight is 653 g/mol. The molecule has 0 aliphatic carbocycles. The van der Waals surface area contributed by atoms with Gasteiger partial charge in [-0.1, -0.05) is 60.7 Å². The molecule has 0 unspecified atom stereocenters. The number of para-hydroxylation sites is 1. The number of aliphatic hydroxyl groups is 1. The number of fused-ring (bicyclic) bond motifs is 3. The van der Waals surface area contributed by atoms with E-state index in [1.165, 1.54) is 4.68 Å². The number of amides is 1. The Morgan fingerprint density at radius 1 is 1.02 bits per heavy atom. The molecule has 47 heavy (non-hydrogen) atoms. The zero-order valence-electron chi connectivity index (χ0n) is 26.6. The first-order valence-electron chi connectivity index (χ1n) is 16.0. The van der Waals surface area contributed by atoms with Gasteiger partial charge in [-0.25, -0.2) is 0 Å². The number of ether oxygens (including phenoxy) is 1. The first-order chi connectivity index (χ1) is 22.6. The predicted octanol–water partition coefficient (Wildman–Crippen LogP) is 4.92. The van der Waals surface area contributed by atoms with Crippen LogP contribution >= 0.6 is 0 Å². The Bertz CT molecular complexity index is 2010. The molecular formula is C35H37FN6O4Si. The van der Waals surface area contributed by atoms with Crippen molar-refractivity contribution in [3.05, 3.63) is 112 Å². The fourth-order valence-corrected chi connectivity index (χ4v) is 10.1. The lowest BCUT2D eigenvalue weighted by atomic mass is 9.82. The highest BCUT2D eigenvalue weighted by Gasteiger charge is 2.66. The van der Waals surface area contributed by atoms with E-state index in [1.54, 1.807) is 41.1 Å². The summed E-state index contributed by atoms with van der Waals surface area (Å²) in [6.45, 7) is 6.06. The highest BCUT2D eigenvalue weighted by Crippen LogP contribution is 2.60. The van der Waals surface area contributed by atoms with E-state index in [-0.39, 0.29) is 24.6 Å². The number of nitrogens with zero attached hydrogens (tertiary/aromatic N) is 6. The van der Waals surface area contributed by atoms with E-state index in [9.17, 15) is 14.7 Å². The van der Waals surface area contributed by atoms with Crippen LogP contribution in [0.15, 0.2) is 90.0 Å². The first-order valence-corrected chi connectivity index (χ1v) is 18.9. The molecule has 0 bridgehead atoms. The second kappa shape index (κ2) is 11.9. The number of carbonyl (C=O) groups excluding carboxylic acids is 1. The van der Waals surface area contributed by atoms with E-state index in [0.717, 1.165) is 22.2 Å². The Morgan fingerprint density at radius 3 is 2.53 bits per heavy atom. The molecule has 0 saturated carbocycles. The molecule has 5 aromatic rings. The maximum atomic E-state index is 16.1. The Kier molecular flexibility index (Phi) is 7.89. The molecule has 1 saturated heterocycles. The summed E-state index contributed by atoms with van der Waals surface area (Å²) in [6.07, 6.45) is 3.85. The number of aryl methyl sites for hydroxylation is 1. The first kappa shape index (κ1) is 31.1. The van der Waals surface area contributed by atoms with Crippen LogP contribution in [0.1, 0.15) is 30.2 Å². The zero-order valence-corrected chi connectivity index (χ0v) is 27.6. The van der Waals surface area contributed by atoms with Gasteiger partial charge < -0.3 is 18.9 Å². The van der Waals surface area contributed by atoms with Crippen LogP contribution in [0.25, 0.3) is 16.5 Å². The summed E-state index contributed by atoms with van der Waals surface area (Å²) in [5.41, 5.74) is 1.75. The van der Waals surface area contributed by atoms with Crippen molar-refractivity contribution >= 4 is 30.8 Å². The number of carbonyl (C=O) groups is 1. The Morgan fingerprint density at radius 2 is 1.77 bits per heavy atom. The topological polar surface area (TPSA) is 115 Å². The molecule has 1 amide bonds. The molecule has 7 rings (SSSR count). The third-order valence-corrected chi connectivity index (χ3v) is 12.1. The van der Waals surface area contributed by atoms with Crippen molar-refractivity contribution in [1.29, 1.82) is 0 Å². The van der Waals surface area contributed by atoms with Gasteiger partial charge in [-0.15, -0.1) is 5.10 Å². The number of anilines is 1. The molecule has 4 atom stereocenters. The fraction of sp³-hybridized carbons (Fsp3) is 0.343. The lowest BCUT2D eigenvalue weighted by Gasteiger charge is -2.31. The molecule has 2 aliphatic heterocycles. The highest BCUT2D eigenvalue weighted by atomic mass is 28.4. The second-order valence-corrected chi connectivity index (χ2v) is 16.8. The SMILES string of the molecule is C[C@@H]1[C@@H]([Si](C)(C)F)[C@H](CCn2cc(CCO)nn2)O[C@@]12C(=O)N(Cc1ccc(-n3ncc4ccccc4c3=O)cc1)c1ccccc12. The van der Waals surface area contributed by atoms with Crippen molar-refractivity contribution < 1.29 is 18.7 Å². The maximum absolute atomic E-state index is 16.1. The standard InChI is InChI=1S/C35H37FN6O4Si/c1-23-32(47(2,3)36)31(16-18-40-22-26(17-19-43)38-39-40)46-35(23)29-10-6-7-11-30(29)41(34(35)45)21-24-12-14-27(15-13-24)42-33(44)28-9-5-4-8-25(28)20-37-42/h4-15,20,22-23,31-32,43H,16-19,21H2,1-3H3/t23-,31+,32-,35+/m1/s1. The van der Waals surface area contributed by atoms with E-state index < -0.39 is 31.6 Å². The summed E-state index contributed by atoms with van der Waals surface area (Å²) in [5.74, 6) is -0.592. The molecule has 4 heterocycles. The summed E-state index contributed by atoms with van der Waals surface area (Å²) in [4.78, 5) is 29.5. The quantitative estimate of drug-likeness (QED) is 0.178. The molecule has 10 nitrogen and oxygen atoms in total. The van der Waals surface area contributed by atoms with E-state index in [1.807, 2.05) is 73.7 Å². The molecule has 3 aromatic carbocycles. The van der Waals surface area contributed by atoms with Gasteiger partial charge in [0.15, 0.2) is 5.60 Å². The van der Waals surface area contributed by atoms with Crippen molar-refractivity contribution in [2.45, 2.75) is 63.2 Å². The third-order valence-electron chi connectivity index (χ3n) is 9.68. The summed E-state index contributed by atoms with van der Waals surface area (Å²) in [7, 11) is -3.30. The van der Waals surface area contributed by atoms with Gasteiger partial charge in [0.1, 0.15) is 0 Å². The molecule has 1 spiro atoms. The normalized spacial score (nSPS) is 22.4. The van der Waals surface area contributed by atoms with Crippen LogP contribution in [0.3, 0.4) is 0 Å². The van der Waals surface area contributed by atoms with Crippen LogP contribution < -0.4 is 10.5 Å². The summed E-state index contributed by atoms with van der Waals surface area (Å²) < 4.78 is 26.0. The maximum Gasteiger partial charge on any atom is 0.279 e. The summed E-state index contributed by atoms with van der Waals surface area (Å²) in [6, 6.07) is 22.4. The van der Waals surface area contributed by atoms with Crippen molar-refractivity contribution in [3.8, 4) is 5.69 Å². The van der Waals surface area contributed by atoms with Crippen LogP contribution in [0.2, 0.25) is 18.6 Å². The van der Waals surface area contributed by atoms with E-state index in [0.29, 0.717) is 36.2 Å². The number of benzene rings is 3. The summed E-state index contributed by atoms with van der Waals surface area (Å²) in [5, 5.41) is 23.2. The fourth-order valence-electron chi connectivity index (χ4n) is 7.56. The Hall–Kier alpha value is -4.52. The smallest absolute Gasteiger partial charge is 0.279 e. The van der Waals surface area contributed by atoms with Crippen LogP contribution in [0.5, 0.6) is 0 Å². The molecule has 242 valence electrons. The second-order valence-electron chi connectivity index (χ2n) is 13.0. The lowest BCUT2D eigenvalue weighted by Crippen LogP contribution is -2.45. The number of aromatic nitrogens is 5. The molecule has 1 fully saturated rings. The van der Waals surface area contributed by atoms with Gasteiger partial charge in [-0.2, -0.15) is 9.78 Å².